The first-order valence-corrected chi connectivity index (χ1v) is 3.40. The molecule has 0 aromatic heterocycles. The summed E-state index contributed by atoms with van der Waals surface area (Å²) >= 11 is 0. The Bertz CT molecular complexity index is 351. The standard InChI is InChI=1S/C8H6FNO3/c1-13-8(11)6-3-2-5(9)4-7(6)10-12/h2-4H,1H3. The summed E-state index contributed by atoms with van der Waals surface area (Å²) in [6.45, 7) is 0. The number of carbonyl (C=O) groups is 1. The van der Waals surface area contributed by atoms with Crippen molar-refractivity contribution in [1.82, 2.24) is 0 Å². The highest BCUT2D eigenvalue weighted by Gasteiger charge is 2.12. The molecule has 68 valence electrons. The van der Waals surface area contributed by atoms with E-state index in [1.165, 1.54) is 7.11 Å². The van der Waals surface area contributed by atoms with E-state index in [1.54, 1.807) is 0 Å². The summed E-state index contributed by atoms with van der Waals surface area (Å²) in [7, 11) is 1.17. The van der Waals surface area contributed by atoms with E-state index < -0.39 is 11.8 Å². The molecule has 0 saturated heterocycles. The second kappa shape index (κ2) is 3.75. The van der Waals surface area contributed by atoms with Crippen molar-refractivity contribution in [3.05, 3.63) is 34.5 Å². The number of nitrogens with zero attached hydrogens (tertiary/aromatic N) is 1. The van der Waals surface area contributed by atoms with Gasteiger partial charge < -0.3 is 4.74 Å². The zero-order valence-corrected chi connectivity index (χ0v) is 6.78. The normalized spacial score (nSPS) is 9.38. The van der Waals surface area contributed by atoms with Crippen molar-refractivity contribution in [3.63, 3.8) is 0 Å². The van der Waals surface area contributed by atoms with Crippen molar-refractivity contribution in [3.8, 4) is 0 Å². The van der Waals surface area contributed by atoms with E-state index in [4.69, 9.17) is 0 Å². The van der Waals surface area contributed by atoms with Gasteiger partial charge in [0.1, 0.15) is 11.5 Å². The number of benzene rings is 1. The summed E-state index contributed by atoms with van der Waals surface area (Å²) in [5, 5.41) is 2.51. The third-order valence-electron chi connectivity index (χ3n) is 1.46. The molecule has 1 aromatic rings. The third kappa shape index (κ3) is 1.87. The van der Waals surface area contributed by atoms with Gasteiger partial charge in [-0.05, 0) is 17.3 Å². The number of nitroso groups, excluding NO2 is 1. The number of hydrogen-bond acceptors (Lipinski definition) is 4. The molecular weight excluding hydrogens is 177 g/mol. The molecule has 4 nitrogen and oxygen atoms in total. The van der Waals surface area contributed by atoms with Gasteiger partial charge in [-0.15, -0.1) is 4.91 Å². The maximum absolute atomic E-state index is 12.6. The Morgan fingerprint density at radius 2 is 2.23 bits per heavy atom. The molecule has 0 radical (unpaired) electrons. The summed E-state index contributed by atoms with van der Waals surface area (Å²) in [5.74, 6) is -1.34. The zero-order valence-electron chi connectivity index (χ0n) is 6.78. The number of ether oxygens (including phenoxy) is 1. The molecule has 0 atom stereocenters. The zero-order chi connectivity index (χ0) is 9.84. The largest absolute Gasteiger partial charge is 0.465 e. The van der Waals surface area contributed by atoms with Crippen LogP contribution in [0.2, 0.25) is 0 Å². The molecule has 0 heterocycles. The fourth-order valence-corrected chi connectivity index (χ4v) is 0.863. The van der Waals surface area contributed by atoms with Crippen LogP contribution in [0.25, 0.3) is 0 Å². The highest BCUT2D eigenvalue weighted by molar-refractivity contribution is 5.94. The lowest BCUT2D eigenvalue weighted by atomic mass is 10.2. The van der Waals surface area contributed by atoms with Crippen LogP contribution in [-0.4, -0.2) is 13.1 Å². The van der Waals surface area contributed by atoms with Crippen molar-refractivity contribution in [2.24, 2.45) is 5.18 Å². The Morgan fingerprint density at radius 3 is 2.77 bits per heavy atom. The van der Waals surface area contributed by atoms with E-state index in [0.29, 0.717) is 0 Å². The molecule has 0 saturated carbocycles. The minimum atomic E-state index is -0.713. The highest BCUT2D eigenvalue weighted by Crippen LogP contribution is 2.20. The van der Waals surface area contributed by atoms with Gasteiger partial charge in [0, 0.05) is 6.07 Å². The van der Waals surface area contributed by atoms with Gasteiger partial charge in [0.25, 0.3) is 0 Å². The maximum atomic E-state index is 12.6. The van der Waals surface area contributed by atoms with Gasteiger partial charge in [-0.25, -0.2) is 9.18 Å². The lowest BCUT2D eigenvalue weighted by Crippen LogP contribution is -2.01. The maximum Gasteiger partial charge on any atom is 0.340 e. The summed E-state index contributed by atoms with van der Waals surface area (Å²) in [5.41, 5.74) is -0.300. The molecule has 0 N–H and O–H groups in total. The van der Waals surface area contributed by atoms with E-state index >= 15 is 0 Å². The predicted molar refractivity (Wildman–Crippen MR) is 43.2 cm³/mol. The van der Waals surface area contributed by atoms with E-state index in [-0.39, 0.29) is 11.3 Å². The van der Waals surface area contributed by atoms with Gasteiger partial charge >= 0.3 is 5.97 Å². The average molecular weight is 183 g/mol. The number of rotatable bonds is 2. The first-order valence-electron chi connectivity index (χ1n) is 3.40. The SMILES string of the molecule is COC(=O)c1ccc(F)cc1N=O. The Hall–Kier alpha value is -1.78. The van der Waals surface area contributed by atoms with Crippen LogP contribution in [-0.2, 0) is 4.74 Å². The Labute approximate surface area is 73.3 Å². The molecule has 0 bridgehead atoms. The summed E-state index contributed by atoms with van der Waals surface area (Å²) in [6, 6.07) is 3.08. The van der Waals surface area contributed by atoms with Gasteiger partial charge in [-0.2, -0.15) is 0 Å². The third-order valence-corrected chi connectivity index (χ3v) is 1.46. The monoisotopic (exact) mass is 183 g/mol. The summed E-state index contributed by atoms with van der Waals surface area (Å²) < 4.78 is 16.9. The van der Waals surface area contributed by atoms with Gasteiger partial charge in [-0.3, -0.25) is 0 Å². The van der Waals surface area contributed by atoms with Crippen molar-refractivity contribution in [1.29, 1.82) is 0 Å². The molecule has 0 aliphatic heterocycles. The molecule has 1 aromatic carbocycles. The second-order valence-electron chi connectivity index (χ2n) is 2.24. The number of halogens is 1. The number of carbonyl (C=O) groups excluding carboxylic acids is 1. The quantitative estimate of drug-likeness (QED) is 0.520. The second-order valence-corrected chi connectivity index (χ2v) is 2.24. The minimum Gasteiger partial charge on any atom is -0.465 e. The number of methoxy groups -OCH3 is 1. The van der Waals surface area contributed by atoms with Crippen LogP contribution in [0, 0.1) is 10.7 Å². The van der Waals surface area contributed by atoms with Crippen LogP contribution in [0.1, 0.15) is 10.4 Å². The van der Waals surface area contributed by atoms with E-state index in [0.717, 1.165) is 18.2 Å². The molecule has 0 fully saturated rings. The number of esters is 1. The lowest BCUT2D eigenvalue weighted by Gasteiger charge is -2.00. The highest BCUT2D eigenvalue weighted by atomic mass is 19.1. The van der Waals surface area contributed by atoms with Gasteiger partial charge in [0.05, 0.1) is 12.7 Å². The smallest absolute Gasteiger partial charge is 0.340 e. The van der Waals surface area contributed by atoms with Crippen molar-refractivity contribution in [2.45, 2.75) is 0 Å². The van der Waals surface area contributed by atoms with Gasteiger partial charge in [0.2, 0.25) is 0 Å². The Balaban J connectivity index is 3.20. The molecule has 1 rings (SSSR count). The number of hydrogen-bond donors (Lipinski definition) is 0. The fourth-order valence-electron chi connectivity index (χ4n) is 0.863. The van der Waals surface area contributed by atoms with Crippen LogP contribution in [0.5, 0.6) is 0 Å². The van der Waals surface area contributed by atoms with Crippen molar-refractivity contribution in [2.75, 3.05) is 7.11 Å². The van der Waals surface area contributed by atoms with Crippen molar-refractivity contribution < 1.29 is 13.9 Å². The molecule has 0 spiro atoms. The molecular formula is C8H6FNO3. The lowest BCUT2D eigenvalue weighted by molar-refractivity contribution is 0.0601. The fraction of sp³-hybridized carbons (Fsp3) is 0.125. The van der Waals surface area contributed by atoms with Crippen LogP contribution >= 0.6 is 0 Å². The molecule has 13 heavy (non-hydrogen) atoms. The molecule has 0 aliphatic rings. The van der Waals surface area contributed by atoms with Crippen molar-refractivity contribution >= 4 is 11.7 Å². The van der Waals surface area contributed by atoms with Crippen LogP contribution in [0.4, 0.5) is 10.1 Å². The van der Waals surface area contributed by atoms with E-state index in [1.807, 2.05) is 0 Å². The topological polar surface area (TPSA) is 55.7 Å². The molecule has 5 heteroatoms. The summed E-state index contributed by atoms with van der Waals surface area (Å²) in [4.78, 5) is 21.1. The summed E-state index contributed by atoms with van der Waals surface area (Å²) in [6.07, 6.45) is 0. The van der Waals surface area contributed by atoms with Gasteiger partial charge in [-0.1, -0.05) is 0 Å². The Morgan fingerprint density at radius 1 is 1.54 bits per heavy atom. The Kier molecular flexibility index (Phi) is 2.69. The molecule has 0 amide bonds. The first-order chi connectivity index (χ1) is 6.19. The first kappa shape index (κ1) is 9.31. The van der Waals surface area contributed by atoms with Crippen LogP contribution in [0.15, 0.2) is 23.4 Å². The van der Waals surface area contributed by atoms with E-state index in [9.17, 15) is 14.1 Å². The molecule has 0 aliphatic carbocycles. The van der Waals surface area contributed by atoms with E-state index in [2.05, 4.69) is 9.91 Å². The average Bonchev–Trinajstić information content (AvgIpc) is 2.16. The minimum absolute atomic E-state index is 0.0427. The molecule has 0 unspecified atom stereocenters. The van der Waals surface area contributed by atoms with Crippen LogP contribution in [0.3, 0.4) is 0 Å². The predicted octanol–water partition coefficient (Wildman–Crippen LogP) is 2.01. The van der Waals surface area contributed by atoms with Crippen LogP contribution < -0.4 is 0 Å². The van der Waals surface area contributed by atoms with Gasteiger partial charge in [0.15, 0.2) is 0 Å².